The van der Waals surface area contributed by atoms with Crippen molar-refractivity contribution in [3.63, 3.8) is 0 Å². The second-order valence-electron chi connectivity index (χ2n) is 4.41. The van der Waals surface area contributed by atoms with Gasteiger partial charge in [-0.3, -0.25) is 4.79 Å². The molecule has 0 radical (unpaired) electrons. The Balaban J connectivity index is 2.92. The highest BCUT2D eigenvalue weighted by molar-refractivity contribution is 7.89. The first-order valence-corrected chi connectivity index (χ1v) is 7.88. The van der Waals surface area contributed by atoms with Gasteiger partial charge in [-0.2, -0.15) is 4.31 Å². The summed E-state index contributed by atoms with van der Waals surface area (Å²) in [5.41, 5.74) is 0.758. The quantitative estimate of drug-likeness (QED) is 0.660. The molecule has 0 unspecified atom stereocenters. The predicted molar refractivity (Wildman–Crippen MR) is 78.4 cm³/mol. The first-order chi connectivity index (χ1) is 9.91. The van der Waals surface area contributed by atoms with Crippen molar-refractivity contribution in [3.05, 3.63) is 42.5 Å². The van der Waals surface area contributed by atoms with Crippen LogP contribution in [0, 0.1) is 0 Å². The number of benzene rings is 1. The van der Waals surface area contributed by atoms with E-state index in [-0.39, 0.29) is 31.0 Å². The van der Waals surface area contributed by atoms with Crippen molar-refractivity contribution in [1.29, 1.82) is 0 Å². The Bertz CT molecular complexity index is 580. The number of carboxylic acid groups (broad SMARTS) is 1. The van der Waals surface area contributed by atoms with E-state index in [0.717, 1.165) is 9.87 Å². The molecule has 0 saturated carbocycles. The molecule has 0 aliphatic rings. The Hall–Kier alpha value is -1.70. The molecule has 0 bridgehead atoms. The van der Waals surface area contributed by atoms with E-state index < -0.39 is 16.0 Å². The average Bonchev–Trinajstić information content (AvgIpc) is 2.45. The number of carboxylic acids is 1. The molecule has 0 spiro atoms. The smallest absolute Gasteiger partial charge is 0.303 e. The van der Waals surface area contributed by atoms with Crippen LogP contribution in [0.25, 0.3) is 0 Å². The zero-order valence-corrected chi connectivity index (χ0v) is 12.4. The molecule has 1 rings (SSSR count). The summed E-state index contributed by atoms with van der Waals surface area (Å²) < 4.78 is 25.9. The Morgan fingerprint density at radius 3 is 2.38 bits per heavy atom. The third-order valence-electron chi connectivity index (χ3n) is 2.87. The molecular weight excluding hydrogens is 294 g/mol. The first-order valence-electron chi connectivity index (χ1n) is 6.44. The van der Waals surface area contributed by atoms with Gasteiger partial charge in [0.15, 0.2) is 0 Å². The maximum Gasteiger partial charge on any atom is 0.303 e. The lowest BCUT2D eigenvalue weighted by molar-refractivity contribution is -0.136. The first kappa shape index (κ1) is 17.4. The van der Waals surface area contributed by atoms with Gasteiger partial charge < -0.3 is 10.2 Å². The summed E-state index contributed by atoms with van der Waals surface area (Å²) in [6, 6.07) is 6.08. The van der Waals surface area contributed by atoms with Crippen LogP contribution in [-0.4, -0.2) is 48.6 Å². The predicted octanol–water partition coefficient (Wildman–Crippen LogP) is 0.873. The molecule has 0 heterocycles. The van der Waals surface area contributed by atoms with E-state index >= 15 is 0 Å². The fourth-order valence-electron chi connectivity index (χ4n) is 1.79. The fraction of sp³-hybridized carbons (Fsp3) is 0.357. The van der Waals surface area contributed by atoms with Crippen LogP contribution in [0.2, 0.25) is 0 Å². The number of sulfonamides is 1. The summed E-state index contributed by atoms with van der Waals surface area (Å²) in [4.78, 5) is 10.6. The Kier molecular flexibility index (Phi) is 6.54. The van der Waals surface area contributed by atoms with Crippen LogP contribution < -0.4 is 0 Å². The van der Waals surface area contributed by atoms with Crippen molar-refractivity contribution in [3.8, 4) is 0 Å². The maximum atomic E-state index is 12.4. The molecule has 1 aromatic rings. The minimum atomic E-state index is -3.69. The Morgan fingerprint density at radius 1 is 1.29 bits per heavy atom. The second kappa shape index (κ2) is 7.92. The maximum absolute atomic E-state index is 12.4. The van der Waals surface area contributed by atoms with Crippen LogP contribution in [-0.2, 0) is 21.2 Å². The Labute approximate surface area is 124 Å². The molecule has 2 N–H and O–H groups in total. The van der Waals surface area contributed by atoms with Gasteiger partial charge in [-0.1, -0.05) is 18.2 Å². The van der Waals surface area contributed by atoms with Crippen LogP contribution in [0.15, 0.2) is 41.8 Å². The minimum Gasteiger partial charge on any atom is -0.481 e. The molecule has 0 atom stereocenters. The molecule has 116 valence electrons. The SMILES string of the molecule is C=CCN(CCO)S(=O)(=O)c1ccc(CCC(=O)O)cc1. The van der Waals surface area contributed by atoms with Crippen molar-refractivity contribution < 1.29 is 23.4 Å². The largest absolute Gasteiger partial charge is 0.481 e. The van der Waals surface area contributed by atoms with Crippen molar-refractivity contribution in [2.45, 2.75) is 17.7 Å². The third kappa shape index (κ3) is 4.96. The summed E-state index contributed by atoms with van der Waals surface area (Å²) in [6.07, 6.45) is 1.80. The Morgan fingerprint density at radius 2 is 1.90 bits per heavy atom. The molecule has 0 aliphatic heterocycles. The van der Waals surface area contributed by atoms with Gasteiger partial charge in [0.2, 0.25) is 10.0 Å². The third-order valence-corrected chi connectivity index (χ3v) is 4.75. The summed E-state index contributed by atoms with van der Waals surface area (Å²) in [7, 11) is -3.69. The van der Waals surface area contributed by atoms with Gasteiger partial charge in [0.25, 0.3) is 0 Å². The molecule has 6 nitrogen and oxygen atoms in total. The number of aliphatic carboxylic acids is 1. The number of carbonyl (C=O) groups is 1. The number of nitrogens with zero attached hydrogens (tertiary/aromatic N) is 1. The average molecular weight is 313 g/mol. The fourth-order valence-corrected chi connectivity index (χ4v) is 3.20. The van der Waals surface area contributed by atoms with Gasteiger partial charge in [0.05, 0.1) is 11.5 Å². The molecule has 0 saturated heterocycles. The molecular formula is C14H19NO5S. The van der Waals surface area contributed by atoms with Gasteiger partial charge >= 0.3 is 5.97 Å². The number of hydrogen-bond acceptors (Lipinski definition) is 4. The zero-order valence-electron chi connectivity index (χ0n) is 11.6. The molecule has 0 aromatic heterocycles. The van der Waals surface area contributed by atoms with Gasteiger partial charge in [-0.25, -0.2) is 8.42 Å². The molecule has 1 aromatic carbocycles. The normalized spacial score (nSPS) is 11.5. The standard InChI is InChI=1S/C14H19NO5S/c1-2-9-15(10-11-16)21(19,20)13-6-3-12(4-7-13)5-8-14(17)18/h2-4,6-7,16H,1,5,8-11H2,(H,17,18). The molecule has 21 heavy (non-hydrogen) atoms. The number of aliphatic hydroxyl groups excluding tert-OH is 1. The van der Waals surface area contributed by atoms with E-state index in [2.05, 4.69) is 6.58 Å². The molecule has 7 heteroatoms. The van der Waals surface area contributed by atoms with E-state index in [1.807, 2.05) is 0 Å². The lowest BCUT2D eigenvalue weighted by Gasteiger charge is -2.19. The topological polar surface area (TPSA) is 94.9 Å². The zero-order chi connectivity index (χ0) is 15.9. The van der Waals surface area contributed by atoms with E-state index in [1.165, 1.54) is 18.2 Å². The lowest BCUT2D eigenvalue weighted by atomic mass is 10.1. The number of hydrogen-bond donors (Lipinski definition) is 2. The van der Waals surface area contributed by atoms with Crippen LogP contribution in [0.4, 0.5) is 0 Å². The summed E-state index contributed by atoms with van der Waals surface area (Å²) in [5, 5.41) is 17.6. The van der Waals surface area contributed by atoms with Gasteiger partial charge in [0.1, 0.15) is 0 Å². The lowest BCUT2D eigenvalue weighted by Crippen LogP contribution is -2.33. The second-order valence-corrected chi connectivity index (χ2v) is 6.35. The molecule has 0 aliphatic carbocycles. The highest BCUT2D eigenvalue weighted by Gasteiger charge is 2.22. The van der Waals surface area contributed by atoms with E-state index in [1.54, 1.807) is 12.1 Å². The number of aliphatic hydroxyl groups is 1. The minimum absolute atomic E-state index is 0.000795. The van der Waals surface area contributed by atoms with E-state index in [0.29, 0.717) is 6.42 Å². The highest BCUT2D eigenvalue weighted by Crippen LogP contribution is 2.17. The van der Waals surface area contributed by atoms with Crippen molar-refractivity contribution in [1.82, 2.24) is 4.31 Å². The van der Waals surface area contributed by atoms with E-state index in [4.69, 9.17) is 10.2 Å². The van der Waals surface area contributed by atoms with Crippen molar-refractivity contribution in [2.75, 3.05) is 19.7 Å². The monoisotopic (exact) mass is 313 g/mol. The molecule has 0 fully saturated rings. The summed E-state index contributed by atoms with van der Waals surface area (Å²) in [5.74, 6) is -0.896. The number of aryl methyl sites for hydroxylation is 1. The van der Waals surface area contributed by atoms with Crippen LogP contribution in [0.1, 0.15) is 12.0 Å². The van der Waals surface area contributed by atoms with Crippen LogP contribution in [0.5, 0.6) is 0 Å². The summed E-state index contributed by atoms with van der Waals surface area (Å²) >= 11 is 0. The van der Waals surface area contributed by atoms with Crippen LogP contribution >= 0.6 is 0 Å². The molecule has 0 amide bonds. The number of rotatable bonds is 9. The van der Waals surface area contributed by atoms with Gasteiger partial charge in [-0.15, -0.1) is 6.58 Å². The van der Waals surface area contributed by atoms with Crippen LogP contribution in [0.3, 0.4) is 0 Å². The van der Waals surface area contributed by atoms with E-state index in [9.17, 15) is 13.2 Å². The summed E-state index contributed by atoms with van der Waals surface area (Å²) in [6.45, 7) is 3.34. The van der Waals surface area contributed by atoms with Gasteiger partial charge in [-0.05, 0) is 24.1 Å². The van der Waals surface area contributed by atoms with Crippen molar-refractivity contribution >= 4 is 16.0 Å². The van der Waals surface area contributed by atoms with Crippen molar-refractivity contribution in [2.24, 2.45) is 0 Å². The van der Waals surface area contributed by atoms with Gasteiger partial charge in [0, 0.05) is 19.5 Å². The highest BCUT2D eigenvalue weighted by atomic mass is 32.2.